The van der Waals surface area contributed by atoms with Gasteiger partial charge in [0.15, 0.2) is 0 Å². The van der Waals surface area contributed by atoms with Gasteiger partial charge in [0.1, 0.15) is 0 Å². The Morgan fingerprint density at radius 1 is 1.18 bits per heavy atom. The molecular formula is C21H19BrN4OS. The quantitative estimate of drug-likeness (QED) is 0.462. The molecule has 0 aliphatic carbocycles. The number of thioether (sulfide) groups is 1. The molecule has 0 fully saturated rings. The molecule has 1 aromatic heterocycles. The van der Waals surface area contributed by atoms with Crippen LogP contribution < -0.4 is 10.6 Å². The van der Waals surface area contributed by atoms with E-state index in [-0.39, 0.29) is 5.91 Å². The molecule has 2 aromatic carbocycles. The molecule has 1 amide bonds. The maximum atomic E-state index is 12.1. The van der Waals surface area contributed by atoms with Gasteiger partial charge < -0.3 is 15.5 Å². The summed E-state index contributed by atoms with van der Waals surface area (Å²) >= 11 is 5.21. The number of hydrogen-bond donors (Lipinski definition) is 2. The highest BCUT2D eigenvalue weighted by atomic mass is 79.9. The Balaban J connectivity index is 1.84. The third kappa shape index (κ3) is 2.80. The van der Waals surface area contributed by atoms with Crippen molar-refractivity contribution >= 4 is 61.6 Å². The van der Waals surface area contributed by atoms with Gasteiger partial charge in [0.2, 0.25) is 5.91 Å². The zero-order chi connectivity index (χ0) is 19.4. The molecule has 2 aliphatic heterocycles. The largest absolute Gasteiger partial charge is 0.354 e. The van der Waals surface area contributed by atoms with Gasteiger partial charge in [0.05, 0.1) is 22.6 Å². The lowest BCUT2D eigenvalue weighted by molar-refractivity contribution is -0.113. The van der Waals surface area contributed by atoms with Crippen molar-refractivity contribution in [2.75, 3.05) is 37.0 Å². The molecule has 0 unspecified atom stereocenters. The van der Waals surface area contributed by atoms with Crippen molar-refractivity contribution in [2.24, 2.45) is 0 Å². The summed E-state index contributed by atoms with van der Waals surface area (Å²) in [5.74, 6) is 0.473. The fourth-order valence-corrected chi connectivity index (χ4v) is 5.32. The second-order valence-electron chi connectivity index (χ2n) is 7.34. The fourth-order valence-electron chi connectivity index (χ4n) is 3.94. The van der Waals surface area contributed by atoms with Gasteiger partial charge in [-0.25, -0.2) is 0 Å². The summed E-state index contributed by atoms with van der Waals surface area (Å²) in [6, 6.07) is 8.37. The number of carbonyl (C=O) groups excluding carboxylic acids is 1. The Morgan fingerprint density at radius 3 is 2.86 bits per heavy atom. The van der Waals surface area contributed by atoms with Gasteiger partial charge in [0.25, 0.3) is 0 Å². The number of halogens is 1. The van der Waals surface area contributed by atoms with E-state index in [1.165, 1.54) is 5.56 Å². The van der Waals surface area contributed by atoms with E-state index in [1.54, 1.807) is 11.8 Å². The highest BCUT2D eigenvalue weighted by Crippen LogP contribution is 2.51. The molecule has 2 N–H and O–H groups in total. The van der Waals surface area contributed by atoms with Gasteiger partial charge in [-0.3, -0.25) is 9.78 Å². The first-order chi connectivity index (χ1) is 13.5. The number of fused-ring (bicyclic) bond motifs is 4. The lowest BCUT2D eigenvalue weighted by Gasteiger charge is -2.30. The second-order valence-corrected chi connectivity index (χ2v) is 9.25. The van der Waals surface area contributed by atoms with Crippen LogP contribution in [-0.4, -0.2) is 42.2 Å². The van der Waals surface area contributed by atoms with Crippen molar-refractivity contribution in [3.05, 3.63) is 40.5 Å². The molecule has 142 valence electrons. The monoisotopic (exact) mass is 454 g/mol. The van der Waals surface area contributed by atoms with Crippen molar-refractivity contribution in [3.8, 4) is 11.1 Å². The third-order valence-corrected chi connectivity index (χ3v) is 6.83. The average Bonchev–Trinajstić information content (AvgIpc) is 2.67. The predicted octanol–water partition coefficient (Wildman–Crippen LogP) is 4.87. The van der Waals surface area contributed by atoms with E-state index in [9.17, 15) is 4.79 Å². The van der Waals surface area contributed by atoms with Crippen molar-refractivity contribution in [1.29, 1.82) is 0 Å². The number of amides is 1. The summed E-state index contributed by atoms with van der Waals surface area (Å²) in [5, 5.41) is 7.87. The van der Waals surface area contributed by atoms with Crippen LogP contribution in [0, 0.1) is 0 Å². The van der Waals surface area contributed by atoms with E-state index in [1.807, 2.05) is 6.20 Å². The number of likely N-dealkylation sites (N-methyl/N-ethyl adjacent to an activating group) is 1. The number of rotatable bonds is 3. The SMILES string of the molecule is CN(C)CCc1c2c(c3nccc4c3c1Nc1cc(Br)ccc1-4)NC(=O)CS2. The third-order valence-electron chi connectivity index (χ3n) is 5.19. The molecular weight excluding hydrogens is 436 g/mol. The molecule has 0 saturated heterocycles. The smallest absolute Gasteiger partial charge is 0.234 e. The summed E-state index contributed by atoms with van der Waals surface area (Å²) in [5.41, 5.74) is 7.48. The molecule has 0 spiro atoms. The number of hydrogen-bond acceptors (Lipinski definition) is 5. The summed E-state index contributed by atoms with van der Waals surface area (Å²) < 4.78 is 1.04. The molecule has 5 nitrogen and oxygen atoms in total. The number of pyridine rings is 1. The highest BCUT2D eigenvalue weighted by molar-refractivity contribution is 9.10. The van der Waals surface area contributed by atoms with Crippen LogP contribution in [0.3, 0.4) is 0 Å². The van der Waals surface area contributed by atoms with Crippen LogP contribution >= 0.6 is 27.7 Å². The standard InChI is InChI=1S/C21H19BrN4OS/c1-26(2)8-6-14-18-17-13(12-4-3-11(22)9-15(12)24-18)5-7-23-19(17)20-21(14)28-10-16(27)25-20/h3-5,7,9,24H,6,8,10H2,1-2H3,(H,25,27). The maximum Gasteiger partial charge on any atom is 0.234 e. The Bertz CT molecular complexity index is 1150. The van der Waals surface area contributed by atoms with Crippen LogP contribution in [0.25, 0.3) is 22.0 Å². The van der Waals surface area contributed by atoms with Gasteiger partial charge in [-0.05, 0) is 49.8 Å². The Morgan fingerprint density at radius 2 is 2.04 bits per heavy atom. The van der Waals surface area contributed by atoms with Gasteiger partial charge in [-0.1, -0.05) is 22.0 Å². The highest BCUT2D eigenvalue weighted by Gasteiger charge is 2.29. The number of benzene rings is 2. The molecule has 3 aromatic rings. The van der Waals surface area contributed by atoms with Crippen LogP contribution in [0.4, 0.5) is 17.1 Å². The lowest BCUT2D eigenvalue weighted by Crippen LogP contribution is -2.22. The number of carbonyl (C=O) groups is 1. The van der Waals surface area contributed by atoms with Crippen molar-refractivity contribution in [2.45, 2.75) is 11.3 Å². The summed E-state index contributed by atoms with van der Waals surface area (Å²) in [4.78, 5) is 20.1. The number of nitrogens with one attached hydrogen (secondary N) is 2. The number of anilines is 3. The minimum atomic E-state index is 0.0339. The molecule has 2 aliphatic rings. The Hall–Kier alpha value is -2.09. The maximum absolute atomic E-state index is 12.1. The first-order valence-electron chi connectivity index (χ1n) is 9.15. The molecule has 5 rings (SSSR count). The van der Waals surface area contributed by atoms with Gasteiger partial charge in [0, 0.05) is 38.7 Å². The molecule has 3 heterocycles. The van der Waals surface area contributed by atoms with E-state index in [0.29, 0.717) is 5.75 Å². The van der Waals surface area contributed by atoms with Crippen LogP contribution in [0.5, 0.6) is 0 Å². The van der Waals surface area contributed by atoms with E-state index in [2.05, 4.69) is 74.8 Å². The molecule has 0 bridgehead atoms. The molecule has 0 atom stereocenters. The minimum Gasteiger partial charge on any atom is -0.354 e. The van der Waals surface area contributed by atoms with Crippen molar-refractivity contribution in [3.63, 3.8) is 0 Å². The lowest BCUT2D eigenvalue weighted by atomic mass is 9.91. The van der Waals surface area contributed by atoms with Crippen molar-refractivity contribution < 1.29 is 4.79 Å². The first kappa shape index (κ1) is 18.0. The normalized spacial score (nSPS) is 14.5. The number of nitrogens with zero attached hydrogens (tertiary/aromatic N) is 2. The Kier molecular flexibility index (Phi) is 4.34. The van der Waals surface area contributed by atoms with Gasteiger partial charge >= 0.3 is 0 Å². The average molecular weight is 455 g/mol. The molecule has 0 radical (unpaired) electrons. The Labute approximate surface area is 176 Å². The van der Waals surface area contributed by atoms with Crippen LogP contribution in [-0.2, 0) is 11.2 Å². The zero-order valence-electron chi connectivity index (χ0n) is 15.6. The summed E-state index contributed by atoms with van der Waals surface area (Å²) in [6.07, 6.45) is 2.73. The molecule has 7 heteroatoms. The van der Waals surface area contributed by atoms with Gasteiger partial charge in [-0.15, -0.1) is 11.8 Å². The fraction of sp³-hybridized carbons (Fsp3) is 0.238. The zero-order valence-corrected chi connectivity index (χ0v) is 18.0. The molecule has 0 saturated carbocycles. The van der Waals surface area contributed by atoms with Crippen LogP contribution in [0.1, 0.15) is 5.56 Å². The topological polar surface area (TPSA) is 57.3 Å². The summed E-state index contributed by atoms with van der Waals surface area (Å²) in [6.45, 7) is 0.933. The second kappa shape index (κ2) is 6.76. The van der Waals surface area contributed by atoms with Crippen LogP contribution in [0.2, 0.25) is 0 Å². The van der Waals surface area contributed by atoms with Crippen molar-refractivity contribution in [1.82, 2.24) is 9.88 Å². The number of aromatic nitrogens is 1. The summed E-state index contributed by atoms with van der Waals surface area (Å²) in [7, 11) is 4.17. The molecule has 28 heavy (non-hydrogen) atoms. The minimum absolute atomic E-state index is 0.0339. The van der Waals surface area contributed by atoms with Gasteiger partial charge in [-0.2, -0.15) is 0 Å². The van der Waals surface area contributed by atoms with E-state index >= 15 is 0 Å². The predicted molar refractivity (Wildman–Crippen MR) is 120 cm³/mol. The van der Waals surface area contributed by atoms with E-state index in [4.69, 9.17) is 0 Å². The van der Waals surface area contributed by atoms with E-state index in [0.717, 1.165) is 61.4 Å². The first-order valence-corrected chi connectivity index (χ1v) is 10.9. The van der Waals surface area contributed by atoms with Crippen LogP contribution in [0.15, 0.2) is 39.8 Å². The van der Waals surface area contributed by atoms with E-state index < -0.39 is 0 Å².